The first-order valence-electron chi connectivity index (χ1n) is 8.12. The SMILES string of the molecule is CCc1ccsc1CNC(=O)Cn1c(-c2cccc(C)c2)n[nH]c1=S. The van der Waals surface area contributed by atoms with Crippen LogP contribution in [0, 0.1) is 11.7 Å². The summed E-state index contributed by atoms with van der Waals surface area (Å²) in [5.74, 6) is 0.594. The molecular formula is C18H20N4OS2. The third kappa shape index (κ3) is 4.05. The molecule has 1 amide bonds. The van der Waals surface area contributed by atoms with Gasteiger partial charge in [0.05, 0.1) is 6.54 Å². The van der Waals surface area contributed by atoms with E-state index in [9.17, 15) is 4.79 Å². The number of aromatic amines is 1. The van der Waals surface area contributed by atoms with Gasteiger partial charge in [-0.25, -0.2) is 0 Å². The summed E-state index contributed by atoms with van der Waals surface area (Å²) >= 11 is 6.96. The van der Waals surface area contributed by atoms with E-state index in [4.69, 9.17) is 12.2 Å². The first-order chi connectivity index (χ1) is 12.1. The van der Waals surface area contributed by atoms with E-state index >= 15 is 0 Å². The lowest BCUT2D eigenvalue weighted by molar-refractivity contribution is -0.121. The highest BCUT2D eigenvalue weighted by atomic mass is 32.1. The monoisotopic (exact) mass is 372 g/mol. The number of aryl methyl sites for hydroxylation is 2. The molecule has 2 heterocycles. The molecule has 2 aromatic heterocycles. The molecule has 3 aromatic rings. The van der Waals surface area contributed by atoms with E-state index in [2.05, 4.69) is 33.9 Å². The third-order valence-electron chi connectivity index (χ3n) is 4.00. The Morgan fingerprint density at radius 2 is 2.24 bits per heavy atom. The quantitative estimate of drug-likeness (QED) is 0.646. The van der Waals surface area contributed by atoms with Crippen molar-refractivity contribution in [2.75, 3.05) is 0 Å². The predicted octanol–water partition coefficient (Wildman–Crippen LogP) is 3.86. The molecule has 0 atom stereocenters. The summed E-state index contributed by atoms with van der Waals surface area (Å²) in [4.78, 5) is 13.6. The van der Waals surface area contributed by atoms with Crippen molar-refractivity contribution in [3.8, 4) is 11.4 Å². The number of rotatable bonds is 6. The summed E-state index contributed by atoms with van der Waals surface area (Å²) in [6.07, 6.45) is 0.971. The van der Waals surface area contributed by atoms with Gasteiger partial charge in [0.25, 0.3) is 0 Å². The lowest BCUT2D eigenvalue weighted by Crippen LogP contribution is -2.27. The number of H-pyrrole nitrogens is 1. The van der Waals surface area contributed by atoms with Gasteiger partial charge in [0.15, 0.2) is 10.6 Å². The number of aromatic nitrogens is 3. The van der Waals surface area contributed by atoms with Crippen LogP contribution in [0.4, 0.5) is 0 Å². The van der Waals surface area contributed by atoms with Crippen LogP contribution in [0.15, 0.2) is 35.7 Å². The summed E-state index contributed by atoms with van der Waals surface area (Å²) in [6.45, 7) is 4.83. The maximum atomic E-state index is 12.4. The topological polar surface area (TPSA) is 62.7 Å². The summed E-state index contributed by atoms with van der Waals surface area (Å²) in [7, 11) is 0. The molecular weight excluding hydrogens is 352 g/mol. The van der Waals surface area contributed by atoms with Crippen LogP contribution in [0.5, 0.6) is 0 Å². The number of carbonyl (C=O) groups excluding carboxylic acids is 1. The first kappa shape index (κ1) is 17.6. The van der Waals surface area contributed by atoms with Crippen LogP contribution < -0.4 is 5.32 Å². The molecule has 0 aliphatic heterocycles. The van der Waals surface area contributed by atoms with Crippen molar-refractivity contribution in [2.45, 2.75) is 33.4 Å². The Kier molecular flexibility index (Phi) is 5.45. The van der Waals surface area contributed by atoms with E-state index in [1.807, 2.05) is 31.2 Å². The van der Waals surface area contributed by atoms with Gasteiger partial charge in [-0.05, 0) is 48.6 Å². The number of nitrogens with one attached hydrogen (secondary N) is 2. The fourth-order valence-corrected chi connectivity index (χ4v) is 3.80. The van der Waals surface area contributed by atoms with Crippen LogP contribution in [0.25, 0.3) is 11.4 Å². The molecule has 0 spiro atoms. The molecule has 0 unspecified atom stereocenters. The van der Waals surface area contributed by atoms with Gasteiger partial charge in [-0.2, -0.15) is 5.10 Å². The first-order valence-corrected chi connectivity index (χ1v) is 9.41. The number of thiophene rings is 1. The Hall–Kier alpha value is -2.25. The van der Waals surface area contributed by atoms with Crippen molar-refractivity contribution in [3.63, 3.8) is 0 Å². The lowest BCUT2D eigenvalue weighted by Gasteiger charge is -2.09. The Morgan fingerprint density at radius 1 is 1.40 bits per heavy atom. The predicted molar refractivity (Wildman–Crippen MR) is 103 cm³/mol. The van der Waals surface area contributed by atoms with Crippen molar-refractivity contribution in [1.82, 2.24) is 20.1 Å². The number of amides is 1. The standard InChI is InChI=1S/C18H20N4OS2/c1-3-13-7-8-25-15(13)10-19-16(23)11-22-17(20-21-18(22)24)14-6-4-5-12(2)9-14/h4-9H,3,10-11H2,1-2H3,(H,19,23)(H,21,24). The number of benzene rings is 1. The molecule has 0 aliphatic carbocycles. The number of nitrogens with zero attached hydrogens (tertiary/aromatic N) is 2. The van der Waals surface area contributed by atoms with Gasteiger partial charge in [-0.3, -0.25) is 14.5 Å². The second-order valence-electron chi connectivity index (χ2n) is 5.81. The molecule has 0 fully saturated rings. The Morgan fingerprint density at radius 3 is 3.00 bits per heavy atom. The van der Waals surface area contributed by atoms with E-state index in [0.717, 1.165) is 17.5 Å². The van der Waals surface area contributed by atoms with Gasteiger partial charge in [-0.15, -0.1) is 11.3 Å². The number of carbonyl (C=O) groups is 1. The molecule has 2 N–H and O–H groups in total. The van der Waals surface area contributed by atoms with Gasteiger partial charge in [0.1, 0.15) is 6.54 Å². The summed E-state index contributed by atoms with van der Waals surface area (Å²) in [5, 5.41) is 12.1. The molecule has 7 heteroatoms. The molecule has 0 aliphatic rings. The van der Waals surface area contributed by atoms with Gasteiger partial charge < -0.3 is 5.32 Å². The summed E-state index contributed by atoms with van der Waals surface area (Å²) in [5.41, 5.74) is 3.35. The van der Waals surface area contributed by atoms with Crippen molar-refractivity contribution in [3.05, 3.63) is 56.5 Å². The van der Waals surface area contributed by atoms with E-state index in [1.165, 1.54) is 10.4 Å². The number of hydrogen-bond donors (Lipinski definition) is 2. The maximum Gasteiger partial charge on any atom is 0.240 e. The Bertz CT molecular complexity index is 938. The highest BCUT2D eigenvalue weighted by Crippen LogP contribution is 2.19. The van der Waals surface area contributed by atoms with Gasteiger partial charge in [0.2, 0.25) is 5.91 Å². The third-order valence-corrected chi connectivity index (χ3v) is 5.28. The molecule has 0 radical (unpaired) electrons. The maximum absolute atomic E-state index is 12.4. The molecule has 3 rings (SSSR count). The molecule has 0 saturated heterocycles. The molecule has 5 nitrogen and oxygen atoms in total. The zero-order valence-electron chi connectivity index (χ0n) is 14.2. The smallest absolute Gasteiger partial charge is 0.240 e. The fourth-order valence-electron chi connectivity index (χ4n) is 2.68. The van der Waals surface area contributed by atoms with Gasteiger partial charge >= 0.3 is 0 Å². The summed E-state index contributed by atoms with van der Waals surface area (Å²) in [6, 6.07) is 10.1. The van der Waals surface area contributed by atoms with E-state index in [1.54, 1.807) is 15.9 Å². The molecule has 0 bridgehead atoms. The largest absolute Gasteiger partial charge is 0.350 e. The normalized spacial score (nSPS) is 10.8. The van der Waals surface area contributed by atoms with Crippen LogP contribution in [-0.4, -0.2) is 20.7 Å². The minimum atomic E-state index is -0.0816. The van der Waals surface area contributed by atoms with Gasteiger partial charge in [-0.1, -0.05) is 30.7 Å². The second kappa shape index (κ2) is 7.76. The summed E-state index contributed by atoms with van der Waals surface area (Å²) < 4.78 is 2.17. The minimum absolute atomic E-state index is 0.0816. The van der Waals surface area contributed by atoms with Crippen molar-refractivity contribution in [2.24, 2.45) is 0 Å². The van der Waals surface area contributed by atoms with Crippen molar-refractivity contribution in [1.29, 1.82) is 0 Å². The minimum Gasteiger partial charge on any atom is -0.350 e. The van der Waals surface area contributed by atoms with Gasteiger partial charge in [0, 0.05) is 10.4 Å². The highest BCUT2D eigenvalue weighted by molar-refractivity contribution is 7.71. The number of hydrogen-bond acceptors (Lipinski definition) is 4. The van der Waals surface area contributed by atoms with E-state index in [-0.39, 0.29) is 12.5 Å². The lowest BCUT2D eigenvalue weighted by atomic mass is 10.1. The zero-order chi connectivity index (χ0) is 17.8. The van der Waals surface area contributed by atoms with Crippen LogP contribution >= 0.6 is 23.6 Å². The average Bonchev–Trinajstić information content (AvgIpc) is 3.20. The fraction of sp³-hybridized carbons (Fsp3) is 0.278. The van der Waals surface area contributed by atoms with E-state index in [0.29, 0.717) is 17.1 Å². The molecule has 1 aromatic carbocycles. The molecule has 25 heavy (non-hydrogen) atoms. The van der Waals surface area contributed by atoms with Crippen LogP contribution in [0.3, 0.4) is 0 Å². The Labute approximate surface area is 155 Å². The van der Waals surface area contributed by atoms with Crippen molar-refractivity contribution < 1.29 is 4.79 Å². The molecule has 130 valence electrons. The van der Waals surface area contributed by atoms with Crippen LogP contribution in [0.2, 0.25) is 0 Å². The average molecular weight is 373 g/mol. The van der Waals surface area contributed by atoms with Crippen molar-refractivity contribution >= 4 is 29.5 Å². The highest BCUT2D eigenvalue weighted by Gasteiger charge is 2.13. The molecule has 0 saturated carbocycles. The zero-order valence-corrected chi connectivity index (χ0v) is 15.8. The second-order valence-corrected chi connectivity index (χ2v) is 7.19. The van der Waals surface area contributed by atoms with Crippen LogP contribution in [-0.2, 0) is 24.3 Å². The van der Waals surface area contributed by atoms with Crippen LogP contribution in [0.1, 0.15) is 22.9 Å². The Balaban J connectivity index is 1.74. The van der Waals surface area contributed by atoms with E-state index < -0.39 is 0 Å².